The van der Waals surface area contributed by atoms with Crippen LogP contribution in [0.4, 0.5) is 0 Å². The van der Waals surface area contributed by atoms with Crippen molar-refractivity contribution < 1.29 is 9.52 Å². The van der Waals surface area contributed by atoms with Gasteiger partial charge < -0.3 is 20.2 Å². The molecular formula is C18H27N3O2S. The van der Waals surface area contributed by atoms with Crippen LogP contribution >= 0.6 is 11.3 Å². The van der Waals surface area contributed by atoms with Crippen molar-refractivity contribution in [2.24, 2.45) is 4.99 Å². The van der Waals surface area contributed by atoms with E-state index in [9.17, 15) is 5.11 Å². The van der Waals surface area contributed by atoms with E-state index in [1.165, 1.54) is 9.75 Å². The highest BCUT2D eigenvalue weighted by Crippen LogP contribution is 2.26. The standard InChI is InChI=1S/C18H27N3O2S/c1-6-19-17(20-10-15-8-7-13(3)24-15)21-11-18(5,22)16-9-12(2)23-14(16)4/h7-9,22H,6,10-11H2,1-5H3,(H2,19,20,21). The fraction of sp³-hybridized carbons (Fsp3) is 0.500. The molecule has 0 aromatic carbocycles. The zero-order valence-corrected chi connectivity index (χ0v) is 15.9. The van der Waals surface area contributed by atoms with E-state index in [-0.39, 0.29) is 0 Å². The predicted octanol–water partition coefficient (Wildman–Crippen LogP) is 3.23. The fourth-order valence-corrected chi connectivity index (χ4v) is 3.40. The molecule has 5 nitrogen and oxygen atoms in total. The average Bonchev–Trinajstić information content (AvgIpc) is 3.07. The fourth-order valence-electron chi connectivity index (χ4n) is 2.59. The van der Waals surface area contributed by atoms with Crippen LogP contribution in [0.2, 0.25) is 0 Å². The zero-order valence-electron chi connectivity index (χ0n) is 15.1. The van der Waals surface area contributed by atoms with Gasteiger partial charge in [-0.3, -0.25) is 0 Å². The molecule has 0 amide bonds. The Kier molecular flexibility index (Phi) is 6.07. The van der Waals surface area contributed by atoms with Gasteiger partial charge >= 0.3 is 0 Å². The lowest BCUT2D eigenvalue weighted by atomic mass is 9.96. The van der Waals surface area contributed by atoms with Crippen molar-refractivity contribution in [1.82, 2.24) is 10.6 Å². The predicted molar refractivity (Wildman–Crippen MR) is 99.6 cm³/mol. The van der Waals surface area contributed by atoms with E-state index in [1.54, 1.807) is 18.3 Å². The van der Waals surface area contributed by atoms with E-state index in [2.05, 4.69) is 34.7 Å². The normalized spacial score (nSPS) is 14.5. The van der Waals surface area contributed by atoms with E-state index < -0.39 is 5.60 Å². The van der Waals surface area contributed by atoms with Crippen molar-refractivity contribution in [3.8, 4) is 0 Å². The van der Waals surface area contributed by atoms with Crippen molar-refractivity contribution in [3.63, 3.8) is 0 Å². The van der Waals surface area contributed by atoms with Gasteiger partial charge in [0.25, 0.3) is 0 Å². The summed E-state index contributed by atoms with van der Waals surface area (Å²) in [6, 6.07) is 6.08. The number of guanidine groups is 1. The average molecular weight is 350 g/mol. The lowest BCUT2D eigenvalue weighted by Gasteiger charge is -2.24. The van der Waals surface area contributed by atoms with Gasteiger partial charge in [0.2, 0.25) is 0 Å². The van der Waals surface area contributed by atoms with Crippen LogP contribution in [-0.2, 0) is 12.1 Å². The van der Waals surface area contributed by atoms with Crippen molar-refractivity contribution in [2.45, 2.75) is 46.8 Å². The maximum atomic E-state index is 10.8. The van der Waals surface area contributed by atoms with Crippen molar-refractivity contribution >= 4 is 17.3 Å². The minimum Gasteiger partial charge on any atom is -0.466 e. The molecule has 1 unspecified atom stereocenters. The Morgan fingerprint density at radius 3 is 2.58 bits per heavy atom. The first kappa shape index (κ1) is 18.5. The molecule has 0 aliphatic carbocycles. The summed E-state index contributed by atoms with van der Waals surface area (Å²) in [5, 5.41) is 17.2. The van der Waals surface area contributed by atoms with Gasteiger partial charge in [-0.15, -0.1) is 11.3 Å². The largest absolute Gasteiger partial charge is 0.466 e. The third-order valence-electron chi connectivity index (χ3n) is 3.75. The van der Waals surface area contributed by atoms with E-state index in [0.29, 0.717) is 19.0 Å². The summed E-state index contributed by atoms with van der Waals surface area (Å²) in [5.74, 6) is 2.24. The van der Waals surface area contributed by atoms with Gasteiger partial charge in [0.1, 0.15) is 17.1 Å². The number of nitrogens with zero attached hydrogens (tertiary/aromatic N) is 1. The molecule has 132 valence electrons. The van der Waals surface area contributed by atoms with Gasteiger partial charge in [-0.05, 0) is 52.8 Å². The van der Waals surface area contributed by atoms with Crippen LogP contribution < -0.4 is 10.6 Å². The van der Waals surface area contributed by atoms with Crippen LogP contribution in [0.1, 0.15) is 40.7 Å². The molecule has 0 saturated carbocycles. The molecule has 0 radical (unpaired) electrons. The monoisotopic (exact) mass is 349 g/mol. The first-order valence-electron chi connectivity index (χ1n) is 8.19. The third kappa shape index (κ3) is 4.85. The molecule has 0 saturated heterocycles. The van der Waals surface area contributed by atoms with Crippen LogP contribution in [-0.4, -0.2) is 24.2 Å². The molecule has 6 heteroatoms. The van der Waals surface area contributed by atoms with E-state index >= 15 is 0 Å². The van der Waals surface area contributed by atoms with Crippen LogP contribution in [0.15, 0.2) is 27.6 Å². The second kappa shape index (κ2) is 7.85. The van der Waals surface area contributed by atoms with Gasteiger partial charge in [-0.2, -0.15) is 0 Å². The highest BCUT2D eigenvalue weighted by atomic mass is 32.1. The lowest BCUT2D eigenvalue weighted by Crippen LogP contribution is -2.44. The number of furan rings is 1. The summed E-state index contributed by atoms with van der Waals surface area (Å²) in [6.45, 7) is 11.4. The minimum absolute atomic E-state index is 0.349. The molecule has 0 aliphatic heterocycles. The highest BCUT2D eigenvalue weighted by molar-refractivity contribution is 7.11. The summed E-state index contributed by atoms with van der Waals surface area (Å²) in [6.07, 6.45) is 0. The first-order valence-corrected chi connectivity index (χ1v) is 9.01. The highest BCUT2D eigenvalue weighted by Gasteiger charge is 2.27. The summed E-state index contributed by atoms with van der Waals surface area (Å²) >= 11 is 1.75. The van der Waals surface area contributed by atoms with E-state index in [0.717, 1.165) is 23.6 Å². The quantitative estimate of drug-likeness (QED) is 0.553. The molecule has 2 rings (SSSR count). The number of hydrogen-bond acceptors (Lipinski definition) is 4. The van der Waals surface area contributed by atoms with Crippen molar-refractivity contribution in [3.05, 3.63) is 45.0 Å². The Balaban J connectivity index is 2.03. The number of aliphatic hydroxyl groups is 1. The molecule has 3 N–H and O–H groups in total. The molecule has 0 aliphatic rings. The number of aryl methyl sites for hydroxylation is 3. The topological polar surface area (TPSA) is 69.8 Å². The van der Waals surface area contributed by atoms with Crippen LogP contribution in [0.25, 0.3) is 0 Å². The Hall–Kier alpha value is -1.79. The summed E-state index contributed by atoms with van der Waals surface area (Å²) in [7, 11) is 0. The lowest BCUT2D eigenvalue weighted by molar-refractivity contribution is 0.0601. The Labute approximate surface area is 147 Å². The second-order valence-electron chi connectivity index (χ2n) is 6.16. The Morgan fingerprint density at radius 1 is 1.29 bits per heavy atom. The molecule has 2 heterocycles. The van der Waals surface area contributed by atoms with Gasteiger partial charge in [0.05, 0.1) is 13.1 Å². The van der Waals surface area contributed by atoms with E-state index in [1.807, 2.05) is 26.8 Å². The number of rotatable bonds is 6. The Bertz CT molecular complexity index is 701. The number of hydrogen-bond donors (Lipinski definition) is 3. The van der Waals surface area contributed by atoms with Crippen molar-refractivity contribution in [2.75, 3.05) is 13.1 Å². The van der Waals surface area contributed by atoms with Gasteiger partial charge in [0.15, 0.2) is 5.96 Å². The van der Waals surface area contributed by atoms with Crippen LogP contribution in [0, 0.1) is 20.8 Å². The summed E-state index contributed by atoms with van der Waals surface area (Å²) in [5.41, 5.74) is -0.227. The maximum absolute atomic E-state index is 10.8. The van der Waals surface area contributed by atoms with Gasteiger partial charge in [-0.25, -0.2) is 4.99 Å². The first-order chi connectivity index (χ1) is 11.3. The van der Waals surface area contributed by atoms with Crippen LogP contribution in [0.5, 0.6) is 0 Å². The Morgan fingerprint density at radius 2 is 2.04 bits per heavy atom. The van der Waals surface area contributed by atoms with Gasteiger partial charge in [-0.1, -0.05) is 0 Å². The summed E-state index contributed by atoms with van der Waals surface area (Å²) < 4.78 is 5.53. The summed E-state index contributed by atoms with van der Waals surface area (Å²) in [4.78, 5) is 7.10. The molecule has 2 aromatic rings. The number of thiophene rings is 1. The molecular weight excluding hydrogens is 322 g/mol. The maximum Gasteiger partial charge on any atom is 0.191 e. The molecule has 0 fully saturated rings. The third-order valence-corrected chi connectivity index (χ3v) is 4.74. The van der Waals surface area contributed by atoms with E-state index in [4.69, 9.17) is 4.42 Å². The molecule has 0 bridgehead atoms. The van der Waals surface area contributed by atoms with Crippen molar-refractivity contribution in [1.29, 1.82) is 0 Å². The van der Waals surface area contributed by atoms with Crippen LogP contribution in [0.3, 0.4) is 0 Å². The van der Waals surface area contributed by atoms with Gasteiger partial charge in [0, 0.05) is 21.9 Å². The smallest absolute Gasteiger partial charge is 0.191 e. The molecule has 0 spiro atoms. The molecule has 24 heavy (non-hydrogen) atoms. The molecule has 2 aromatic heterocycles. The minimum atomic E-state index is -1.03. The number of aliphatic imine (C=N–C) groups is 1. The molecule has 1 atom stereocenters. The number of nitrogens with one attached hydrogen (secondary N) is 2. The zero-order chi connectivity index (χ0) is 17.7. The SMILES string of the molecule is CCNC(=NCc1ccc(C)s1)NCC(C)(O)c1cc(C)oc1C. The second-order valence-corrected chi connectivity index (χ2v) is 7.53.